The number of halogens is 2. The SMILES string of the molecule is CCCNC(Cc1ccc(F)cc1)c1ccc(Br)cc1. The van der Waals surface area contributed by atoms with Crippen LogP contribution in [0.15, 0.2) is 53.0 Å². The second kappa shape index (κ2) is 7.55. The Kier molecular flexibility index (Phi) is 5.74. The average molecular weight is 336 g/mol. The van der Waals surface area contributed by atoms with Gasteiger partial charge in [-0.2, -0.15) is 0 Å². The van der Waals surface area contributed by atoms with Crippen molar-refractivity contribution < 1.29 is 4.39 Å². The largest absolute Gasteiger partial charge is 0.310 e. The Morgan fingerprint density at radius 3 is 2.30 bits per heavy atom. The zero-order valence-corrected chi connectivity index (χ0v) is 13.2. The highest BCUT2D eigenvalue weighted by Crippen LogP contribution is 2.21. The molecule has 2 aromatic rings. The van der Waals surface area contributed by atoms with Gasteiger partial charge in [0.1, 0.15) is 5.82 Å². The highest BCUT2D eigenvalue weighted by Gasteiger charge is 2.11. The number of hydrogen-bond acceptors (Lipinski definition) is 1. The standard InChI is InChI=1S/C17H19BrFN/c1-2-11-20-17(14-5-7-15(18)8-6-14)12-13-3-9-16(19)10-4-13/h3-10,17,20H,2,11-12H2,1H3. The minimum Gasteiger partial charge on any atom is -0.310 e. The summed E-state index contributed by atoms with van der Waals surface area (Å²) in [5.74, 6) is -0.185. The molecular weight excluding hydrogens is 317 g/mol. The van der Waals surface area contributed by atoms with Gasteiger partial charge in [-0.25, -0.2) is 4.39 Å². The van der Waals surface area contributed by atoms with Crippen LogP contribution in [0.25, 0.3) is 0 Å². The molecule has 106 valence electrons. The summed E-state index contributed by atoms with van der Waals surface area (Å²) in [4.78, 5) is 0. The van der Waals surface area contributed by atoms with E-state index in [-0.39, 0.29) is 11.9 Å². The molecule has 0 radical (unpaired) electrons. The minimum atomic E-state index is -0.185. The van der Waals surface area contributed by atoms with Crippen LogP contribution in [-0.2, 0) is 6.42 Å². The fourth-order valence-electron chi connectivity index (χ4n) is 2.18. The van der Waals surface area contributed by atoms with E-state index < -0.39 is 0 Å². The maximum Gasteiger partial charge on any atom is 0.123 e. The molecule has 2 rings (SSSR count). The normalized spacial score (nSPS) is 12.3. The summed E-state index contributed by atoms with van der Waals surface area (Å²) in [5.41, 5.74) is 2.40. The third kappa shape index (κ3) is 4.43. The van der Waals surface area contributed by atoms with E-state index in [1.807, 2.05) is 12.1 Å². The lowest BCUT2D eigenvalue weighted by molar-refractivity contribution is 0.528. The Labute approximate surface area is 128 Å². The topological polar surface area (TPSA) is 12.0 Å². The predicted molar refractivity (Wildman–Crippen MR) is 85.3 cm³/mol. The highest BCUT2D eigenvalue weighted by molar-refractivity contribution is 9.10. The van der Waals surface area contributed by atoms with Crippen molar-refractivity contribution in [3.8, 4) is 0 Å². The summed E-state index contributed by atoms with van der Waals surface area (Å²) in [6.45, 7) is 3.13. The molecule has 0 saturated heterocycles. The molecule has 0 aromatic heterocycles. The van der Waals surface area contributed by atoms with Gasteiger partial charge < -0.3 is 5.32 Å². The van der Waals surface area contributed by atoms with Crippen LogP contribution in [0.2, 0.25) is 0 Å². The van der Waals surface area contributed by atoms with Gasteiger partial charge in [-0.1, -0.05) is 47.1 Å². The van der Waals surface area contributed by atoms with Gasteiger partial charge in [-0.15, -0.1) is 0 Å². The van der Waals surface area contributed by atoms with E-state index in [9.17, 15) is 4.39 Å². The molecule has 1 N–H and O–H groups in total. The summed E-state index contributed by atoms with van der Waals surface area (Å²) < 4.78 is 14.1. The van der Waals surface area contributed by atoms with Crippen molar-refractivity contribution in [1.29, 1.82) is 0 Å². The van der Waals surface area contributed by atoms with E-state index >= 15 is 0 Å². The Bertz CT molecular complexity index is 522. The first-order valence-electron chi connectivity index (χ1n) is 6.92. The van der Waals surface area contributed by atoms with Gasteiger partial charge in [0.25, 0.3) is 0 Å². The van der Waals surface area contributed by atoms with Gasteiger partial charge in [-0.3, -0.25) is 0 Å². The van der Waals surface area contributed by atoms with Crippen LogP contribution in [0.5, 0.6) is 0 Å². The summed E-state index contributed by atoms with van der Waals surface area (Å²) in [6.07, 6.45) is 1.96. The molecule has 1 atom stereocenters. The van der Waals surface area contributed by atoms with Crippen molar-refractivity contribution in [2.24, 2.45) is 0 Å². The van der Waals surface area contributed by atoms with Gasteiger partial charge in [0.15, 0.2) is 0 Å². The fraction of sp³-hybridized carbons (Fsp3) is 0.294. The number of benzene rings is 2. The summed E-state index contributed by atoms with van der Waals surface area (Å²) in [5, 5.41) is 3.56. The Morgan fingerprint density at radius 2 is 1.70 bits per heavy atom. The maximum absolute atomic E-state index is 13.0. The van der Waals surface area contributed by atoms with E-state index in [1.165, 1.54) is 17.7 Å². The van der Waals surface area contributed by atoms with E-state index in [0.29, 0.717) is 0 Å². The zero-order chi connectivity index (χ0) is 14.4. The molecule has 0 aliphatic rings. The zero-order valence-electron chi connectivity index (χ0n) is 11.6. The first-order valence-corrected chi connectivity index (χ1v) is 7.71. The molecule has 0 fully saturated rings. The molecule has 0 spiro atoms. The van der Waals surface area contributed by atoms with E-state index in [1.54, 1.807) is 0 Å². The van der Waals surface area contributed by atoms with Gasteiger partial charge in [0.2, 0.25) is 0 Å². The monoisotopic (exact) mass is 335 g/mol. The molecule has 20 heavy (non-hydrogen) atoms. The molecule has 2 aromatic carbocycles. The summed E-state index contributed by atoms with van der Waals surface area (Å²) >= 11 is 3.46. The average Bonchev–Trinajstić information content (AvgIpc) is 2.46. The van der Waals surface area contributed by atoms with E-state index in [2.05, 4.69) is 52.4 Å². The smallest absolute Gasteiger partial charge is 0.123 e. The van der Waals surface area contributed by atoms with Crippen molar-refractivity contribution in [2.45, 2.75) is 25.8 Å². The second-order valence-electron chi connectivity index (χ2n) is 4.89. The number of rotatable bonds is 6. The predicted octanol–water partition coefficient (Wildman–Crippen LogP) is 4.87. The molecule has 0 saturated carbocycles. The lowest BCUT2D eigenvalue weighted by Gasteiger charge is -2.19. The van der Waals surface area contributed by atoms with E-state index in [0.717, 1.165) is 29.4 Å². The van der Waals surface area contributed by atoms with Crippen molar-refractivity contribution in [2.75, 3.05) is 6.54 Å². The van der Waals surface area contributed by atoms with Gasteiger partial charge in [0, 0.05) is 10.5 Å². The van der Waals surface area contributed by atoms with Crippen LogP contribution >= 0.6 is 15.9 Å². The molecular formula is C17H19BrFN. The molecule has 1 unspecified atom stereocenters. The van der Waals surface area contributed by atoms with Crippen LogP contribution in [0.4, 0.5) is 4.39 Å². The first-order chi connectivity index (χ1) is 9.69. The van der Waals surface area contributed by atoms with Gasteiger partial charge in [-0.05, 0) is 54.8 Å². The molecule has 0 heterocycles. The van der Waals surface area contributed by atoms with Crippen LogP contribution in [0.1, 0.15) is 30.5 Å². The summed E-state index contributed by atoms with van der Waals surface area (Å²) in [6, 6.07) is 15.4. The lowest BCUT2D eigenvalue weighted by Crippen LogP contribution is -2.24. The van der Waals surface area contributed by atoms with Crippen molar-refractivity contribution in [3.05, 3.63) is 69.9 Å². The van der Waals surface area contributed by atoms with Crippen LogP contribution in [0, 0.1) is 5.82 Å². The highest BCUT2D eigenvalue weighted by atomic mass is 79.9. The molecule has 0 bridgehead atoms. The molecule has 0 aliphatic carbocycles. The quantitative estimate of drug-likeness (QED) is 0.793. The Morgan fingerprint density at radius 1 is 1.05 bits per heavy atom. The van der Waals surface area contributed by atoms with Crippen LogP contribution in [0.3, 0.4) is 0 Å². The number of hydrogen-bond donors (Lipinski definition) is 1. The molecule has 3 heteroatoms. The van der Waals surface area contributed by atoms with Crippen LogP contribution < -0.4 is 5.32 Å². The lowest BCUT2D eigenvalue weighted by atomic mass is 9.99. The third-order valence-electron chi connectivity index (χ3n) is 3.27. The van der Waals surface area contributed by atoms with Crippen molar-refractivity contribution in [1.82, 2.24) is 5.32 Å². The second-order valence-corrected chi connectivity index (χ2v) is 5.80. The third-order valence-corrected chi connectivity index (χ3v) is 3.79. The number of nitrogens with one attached hydrogen (secondary N) is 1. The fourth-order valence-corrected chi connectivity index (χ4v) is 2.44. The molecule has 0 aliphatic heterocycles. The molecule has 0 amide bonds. The minimum absolute atomic E-state index is 0.185. The first kappa shape index (κ1) is 15.2. The molecule has 1 nitrogen and oxygen atoms in total. The Balaban J connectivity index is 2.14. The maximum atomic E-state index is 13.0. The van der Waals surface area contributed by atoms with Crippen molar-refractivity contribution >= 4 is 15.9 Å². The van der Waals surface area contributed by atoms with E-state index in [4.69, 9.17) is 0 Å². The van der Waals surface area contributed by atoms with Gasteiger partial charge in [0.05, 0.1) is 0 Å². The summed E-state index contributed by atoms with van der Waals surface area (Å²) in [7, 11) is 0. The Hall–Kier alpha value is -1.19. The van der Waals surface area contributed by atoms with Crippen LogP contribution in [-0.4, -0.2) is 6.54 Å². The van der Waals surface area contributed by atoms with Crippen molar-refractivity contribution in [3.63, 3.8) is 0 Å². The van der Waals surface area contributed by atoms with Gasteiger partial charge >= 0.3 is 0 Å².